The standard InChI is InChI=1S/C25H34O4/c1-5-6-7-8-9-18-28-24-16-14-23(15-17-24)22-12-10-21(11-13-22)19(2)29-25(26)20(3)27-4/h10-17,19-20H,5-9,18H2,1-4H3. The minimum atomic E-state index is -0.561. The molecule has 0 saturated heterocycles. The van der Waals surface area contributed by atoms with Crippen LogP contribution in [0, 0.1) is 0 Å². The number of esters is 1. The van der Waals surface area contributed by atoms with Crippen molar-refractivity contribution in [3.63, 3.8) is 0 Å². The SMILES string of the molecule is CCCCCCCOc1ccc(-c2ccc(C(C)OC(=O)C(C)OC)cc2)cc1. The highest BCUT2D eigenvalue weighted by Crippen LogP contribution is 2.25. The molecule has 2 unspecified atom stereocenters. The fourth-order valence-corrected chi connectivity index (χ4v) is 3.02. The van der Waals surface area contributed by atoms with Crippen LogP contribution in [0.2, 0.25) is 0 Å². The molecule has 0 aromatic heterocycles. The second-order valence-corrected chi connectivity index (χ2v) is 7.37. The van der Waals surface area contributed by atoms with E-state index in [1.54, 1.807) is 6.92 Å². The zero-order chi connectivity index (χ0) is 21.1. The maximum absolute atomic E-state index is 11.9. The summed E-state index contributed by atoms with van der Waals surface area (Å²) in [6.45, 7) is 6.54. The minimum absolute atomic E-state index is 0.317. The molecule has 0 amide bonds. The van der Waals surface area contributed by atoms with Crippen LogP contribution in [-0.2, 0) is 14.3 Å². The molecule has 4 nitrogen and oxygen atoms in total. The molecule has 2 aromatic carbocycles. The number of carbonyl (C=O) groups excluding carboxylic acids is 1. The third kappa shape index (κ3) is 7.54. The lowest BCUT2D eigenvalue weighted by Crippen LogP contribution is -2.23. The van der Waals surface area contributed by atoms with E-state index in [1.165, 1.54) is 32.8 Å². The van der Waals surface area contributed by atoms with Gasteiger partial charge in [-0.05, 0) is 49.1 Å². The quantitative estimate of drug-likeness (QED) is 0.309. The lowest BCUT2D eigenvalue weighted by atomic mass is 10.0. The summed E-state index contributed by atoms with van der Waals surface area (Å²) in [6.07, 6.45) is 5.32. The Labute approximate surface area is 175 Å². The summed E-state index contributed by atoms with van der Waals surface area (Å²) in [6, 6.07) is 16.3. The molecule has 0 aliphatic rings. The first kappa shape index (κ1) is 23.0. The van der Waals surface area contributed by atoms with Crippen LogP contribution in [0.1, 0.15) is 64.5 Å². The molecule has 0 spiro atoms. The monoisotopic (exact) mass is 398 g/mol. The van der Waals surface area contributed by atoms with Crippen molar-refractivity contribution < 1.29 is 19.0 Å². The van der Waals surface area contributed by atoms with Gasteiger partial charge in [-0.15, -0.1) is 0 Å². The third-order valence-corrected chi connectivity index (χ3v) is 5.06. The number of unbranched alkanes of at least 4 members (excludes halogenated alkanes) is 4. The predicted octanol–water partition coefficient (Wildman–Crippen LogP) is 6.34. The Morgan fingerprint density at radius 1 is 0.862 bits per heavy atom. The number of hydrogen-bond donors (Lipinski definition) is 0. The Balaban J connectivity index is 1.87. The van der Waals surface area contributed by atoms with E-state index >= 15 is 0 Å². The molecule has 0 N–H and O–H groups in total. The summed E-state index contributed by atoms with van der Waals surface area (Å²) in [4.78, 5) is 11.9. The Hall–Kier alpha value is -2.33. The Bertz CT molecular complexity index is 721. The fourth-order valence-electron chi connectivity index (χ4n) is 3.02. The van der Waals surface area contributed by atoms with Gasteiger partial charge in [0.2, 0.25) is 0 Å². The number of hydrogen-bond acceptors (Lipinski definition) is 4. The molecule has 0 saturated carbocycles. The smallest absolute Gasteiger partial charge is 0.335 e. The van der Waals surface area contributed by atoms with E-state index in [9.17, 15) is 4.79 Å². The van der Waals surface area contributed by atoms with Crippen molar-refractivity contribution in [2.45, 2.75) is 65.1 Å². The highest BCUT2D eigenvalue weighted by atomic mass is 16.6. The summed E-state index contributed by atoms with van der Waals surface area (Å²) in [5.74, 6) is 0.554. The zero-order valence-corrected chi connectivity index (χ0v) is 18.1. The van der Waals surface area contributed by atoms with Crippen LogP contribution < -0.4 is 4.74 Å². The van der Waals surface area contributed by atoms with Crippen LogP contribution in [0.5, 0.6) is 5.75 Å². The van der Waals surface area contributed by atoms with Gasteiger partial charge in [-0.3, -0.25) is 0 Å². The molecule has 0 bridgehead atoms. The van der Waals surface area contributed by atoms with Crippen LogP contribution in [0.4, 0.5) is 0 Å². The van der Waals surface area contributed by atoms with E-state index in [0.717, 1.165) is 35.5 Å². The number of carbonyl (C=O) groups is 1. The van der Waals surface area contributed by atoms with Gasteiger partial charge in [-0.2, -0.15) is 0 Å². The lowest BCUT2D eigenvalue weighted by molar-refractivity contribution is -0.159. The zero-order valence-electron chi connectivity index (χ0n) is 18.1. The topological polar surface area (TPSA) is 44.8 Å². The average Bonchev–Trinajstić information content (AvgIpc) is 2.76. The highest BCUT2D eigenvalue weighted by Gasteiger charge is 2.17. The second-order valence-electron chi connectivity index (χ2n) is 7.37. The van der Waals surface area contributed by atoms with E-state index in [-0.39, 0.29) is 12.1 Å². The molecule has 0 radical (unpaired) electrons. The van der Waals surface area contributed by atoms with Gasteiger partial charge in [0.05, 0.1) is 6.61 Å². The van der Waals surface area contributed by atoms with E-state index in [1.807, 2.05) is 43.3 Å². The molecular weight excluding hydrogens is 364 g/mol. The first-order valence-electron chi connectivity index (χ1n) is 10.6. The Kier molecular flexibility index (Phi) is 9.72. The third-order valence-electron chi connectivity index (χ3n) is 5.06. The number of benzene rings is 2. The maximum atomic E-state index is 11.9. The highest BCUT2D eigenvalue weighted by molar-refractivity contribution is 5.74. The molecule has 4 heteroatoms. The van der Waals surface area contributed by atoms with E-state index < -0.39 is 6.10 Å². The molecule has 0 aliphatic heterocycles. The Morgan fingerprint density at radius 3 is 2.03 bits per heavy atom. The largest absolute Gasteiger partial charge is 0.494 e. The predicted molar refractivity (Wildman–Crippen MR) is 117 cm³/mol. The number of ether oxygens (including phenoxy) is 3. The van der Waals surface area contributed by atoms with Gasteiger partial charge in [0.25, 0.3) is 0 Å². The van der Waals surface area contributed by atoms with E-state index in [0.29, 0.717) is 0 Å². The van der Waals surface area contributed by atoms with Crippen LogP contribution in [0.15, 0.2) is 48.5 Å². The molecule has 29 heavy (non-hydrogen) atoms. The molecule has 0 heterocycles. The number of rotatable bonds is 12. The summed E-state index contributed by atoms with van der Waals surface area (Å²) >= 11 is 0. The van der Waals surface area contributed by atoms with Gasteiger partial charge in [-0.25, -0.2) is 4.79 Å². The normalized spacial score (nSPS) is 13.0. The van der Waals surface area contributed by atoms with Crippen LogP contribution >= 0.6 is 0 Å². The summed E-state index contributed by atoms with van der Waals surface area (Å²) in [5, 5.41) is 0. The van der Waals surface area contributed by atoms with Crippen molar-refractivity contribution >= 4 is 5.97 Å². The van der Waals surface area contributed by atoms with Crippen LogP contribution in [-0.4, -0.2) is 25.8 Å². The second kappa shape index (κ2) is 12.3. The summed E-state index contributed by atoms with van der Waals surface area (Å²) in [5.41, 5.74) is 3.20. The van der Waals surface area contributed by atoms with Gasteiger partial charge in [0, 0.05) is 7.11 Å². The molecule has 2 rings (SSSR count). The first-order chi connectivity index (χ1) is 14.0. The first-order valence-corrected chi connectivity index (χ1v) is 10.6. The van der Waals surface area contributed by atoms with Gasteiger partial charge < -0.3 is 14.2 Å². The summed E-state index contributed by atoms with van der Waals surface area (Å²) in [7, 11) is 1.50. The Morgan fingerprint density at radius 2 is 1.45 bits per heavy atom. The minimum Gasteiger partial charge on any atom is -0.494 e. The van der Waals surface area contributed by atoms with Crippen LogP contribution in [0.25, 0.3) is 11.1 Å². The fraction of sp³-hybridized carbons (Fsp3) is 0.480. The van der Waals surface area contributed by atoms with Crippen molar-refractivity contribution in [1.82, 2.24) is 0 Å². The number of methoxy groups -OCH3 is 1. The van der Waals surface area contributed by atoms with Crippen molar-refractivity contribution in [3.8, 4) is 16.9 Å². The maximum Gasteiger partial charge on any atom is 0.335 e. The lowest BCUT2D eigenvalue weighted by Gasteiger charge is -2.16. The van der Waals surface area contributed by atoms with Crippen molar-refractivity contribution in [3.05, 3.63) is 54.1 Å². The molecule has 0 aliphatic carbocycles. The van der Waals surface area contributed by atoms with Crippen molar-refractivity contribution in [1.29, 1.82) is 0 Å². The van der Waals surface area contributed by atoms with Gasteiger partial charge in [0.1, 0.15) is 11.9 Å². The van der Waals surface area contributed by atoms with Gasteiger partial charge in [0.15, 0.2) is 6.10 Å². The average molecular weight is 399 g/mol. The molecular formula is C25H34O4. The van der Waals surface area contributed by atoms with Crippen molar-refractivity contribution in [2.75, 3.05) is 13.7 Å². The van der Waals surface area contributed by atoms with Gasteiger partial charge >= 0.3 is 5.97 Å². The van der Waals surface area contributed by atoms with E-state index in [4.69, 9.17) is 14.2 Å². The molecule has 158 valence electrons. The van der Waals surface area contributed by atoms with E-state index in [2.05, 4.69) is 19.1 Å². The van der Waals surface area contributed by atoms with Gasteiger partial charge in [-0.1, -0.05) is 69.0 Å². The summed E-state index contributed by atoms with van der Waals surface area (Å²) < 4.78 is 16.3. The molecule has 2 aromatic rings. The van der Waals surface area contributed by atoms with Crippen molar-refractivity contribution in [2.24, 2.45) is 0 Å². The molecule has 2 atom stereocenters. The van der Waals surface area contributed by atoms with Crippen LogP contribution in [0.3, 0.4) is 0 Å². The molecule has 0 fully saturated rings.